The number of rotatable bonds is 5. The molecule has 3 aliphatic rings. The topological polar surface area (TPSA) is 64.6 Å². The van der Waals surface area contributed by atoms with Gasteiger partial charge in [0.2, 0.25) is 0 Å². The summed E-state index contributed by atoms with van der Waals surface area (Å²) in [5.74, 6) is 0.831. The number of carboxylic acid groups (broad SMARTS) is 1. The molecule has 1 aromatic carbocycles. The van der Waals surface area contributed by atoms with E-state index < -0.39 is 5.67 Å². The van der Waals surface area contributed by atoms with E-state index in [-0.39, 0.29) is 6.47 Å². The van der Waals surface area contributed by atoms with Crippen molar-refractivity contribution < 1.29 is 14.3 Å². The molecular weight excluding hydrogens is 357 g/mol. The average Bonchev–Trinajstić information content (AvgIpc) is 3.57. The maximum atomic E-state index is 14.6. The van der Waals surface area contributed by atoms with Gasteiger partial charge < -0.3 is 20.6 Å². The lowest BCUT2D eigenvalue weighted by Crippen LogP contribution is -2.49. The van der Waals surface area contributed by atoms with Crippen LogP contribution in [0.4, 0.5) is 4.39 Å². The number of nitrogens with one attached hydrogen (secondary N) is 2. The molecular formula is C22H36FN3O2. The second-order valence-electron chi connectivity index (χ2n) is 8.06. The number of benzene rings is 1. The van der Waals surface area contributed by atoms with Crippen LogP contribution in [0.5, 0.6) is 0 Å². The van der Waals surface area contributed by atoms with E-state index >= 15 is 0 Å². The van der Waals surface area contributed by atoms with Crippen LogP contribution in [-0.4, -0.2) is 67.5 Å². The molecule has 1 aromatic rings. The molecule has 3 N–H and O–H groups in total. The van der Waals surface area contributed by atoms with Crippen LogP contribution in [0.25, 0.3) is 0 Å². The molecule has 0 aromatic heterocycles. The molecule has 2 aliphatic heterocycles. The summed E-state index contributed by atoms with van der Waals surface area (Å²) >= 11 is 0. The van der Waals surface area contributed by atoms with Gasteiger partial charge >= 0.3 is 0 Å². The lowest BCUT2D eigenvalue weighted by atomic mass is 9.91. The van der Waals surface area contributed by atoms with E-state index in [1.807, 2.05) is 36.4 Å². The Balaban J connectivity index is 0.000000260. The highest BCUT2D eigenvalue weighted by Gasteiger charge is 2.36. The first-order valence-electron chi connectivity index (χ1n) is 10.6. The molecule has 3 fully saturated rings. The summed E-state index contributed by atoms with van der Waals surface area (Å²) in [6.45, 7) is 5.75. The Labute approximate surface area is 168 Å². The van der Waals surface area contributed by atoms with Crippen LogP contribution in [-0.2, 0) is 4.79 Å². The number of hydrogen-bond donors (Lipinski definition) is 3. The van der Waals surface area contributed by atoms with Gasteiger partial charge in [-0.15, -0.1) is 0 Å². The summed E-state index contributed by atoms with van der Waals surface area (Å²) in [5.41, 5.74) is -0.937. The minimum Gasteiger partial charge on any atom is -0.483 e. The predicted octanol–water partition coefficient (Wildman–Crippen LogP) is 2.93. The van der Waals surface area contributed by atoms with Gasteiger partial charge in [0.15, 0.2) is 0 Å². The maximum absolute atomic E-state index is 14.6. The minimum absolute atomic E-state index is 0.250. The maximum Gasteiger partial charge on any atom is 0.290 e. The Morgan fingerprint density at radius 3 is 2.00 bits per heavy atom. The summed E-state index contributed by atoms with van der Waals surface area (Å²) < 4.78 is 14.6. The summed E-state index contributed by atoms with van der Waals surface area (Å²) in [6, 6.07) is 12.6. The van der Waals surface area contributed by atoms with Crippen LogP contribution < -0.4 is 10.6 Å². The SMILES string of the molecule is FC1(CNC2CC2)CCN(CC2CCNCC2)CC1.O=CO.c1ccccc1. The molecule has 0 bridgehead atoms. The second kappa shape index (κ2) is 12.9. The first-order valence-corrected chi connectivity index (χ1v) is 10.6. The van der Waals surface area contributed by atoms with Gasteiger partial charge in [0.25, 0.3) is 6.47 Å². The number of hydrogen-bond acceptors (Lipinski definition) is 4. The van der Waals surface area contributed by atoms with Crippen LogP contribution in [0.15, 0.2) is 36.4 Å². The van der Waals surface area contributed by atoms with Crippen LogP contribution in [0.3, 0.4) is 0 Å². The monoisotopic (exact) mass is 393 g/mol. The second-order valence-corrected chi connectivity index (χ2v) is 8.06. The zero-order valence-electron chi connectivity index (χ0n) is 16.9. The first-order chi connectivity index (χ1) is 13.6. The highest BCUT2D eigenvalue weighted by atomic mass is 19.1. The third-order valence-electron chi connectivity index (χ3n) is 5.68. The number of nitrogens with zero attached hydrogens (tertiary/aromatic N) is 1. The molecule has 0 spiro atoms. The van der Waals surface area contributed by atoms with Gasteiger partial charge in [0, 0.05) is 32.2 Å². The Morgan fingerprint density at radius 1 is 1.04 bits per heavy atom. The lowest BCUT2D eigenvalue weighted by Gasteiger charge is -2.38. The van der Waals surface area contributed by atoms with Crippen molar-refractivity contribution >= 4 is 6.47 Å². The molecule has 0 unspecified atom stereocenters. The molecule has 0 atom stereocenters. The Kier molecular flexibility index (Phi) is 10.5. The molecule has 158 valence electrons. The first kappa shape index (κ1) is 22.8. The number of carbonyl (C=O) groups is 1. The van der Waals surface area contributed by atoms with Crippen molar-refractivity contribution in [2.24, 2.45) is 5.92 Å². The molecule has 0 radical (unpaired) electrons. The molecule has 1 aliphatic carbocycles. The molecule has 2 saturated heterocycles. The van der Waals surface area contributed by atoms with E-state index in [2.05, 4.69) is 15.5 Å². The van der Waals surface area contributed by atoms with Crippen molar-refractivity contribution in [2.75, 3.05) is 39.3 Å². The van der Waals surface area contributed by atoms with Gasteiger partial charge in [-0.3, -0.25) is 4.79 Å². The zero-order chi connectivity index (χ0) is 20.1. The van der Waals surface area contributed by atoms with Crippen molar-refractivity contribution in [3.8, 4) is 0 Å². The Morgan fingerprint density at radius 2 is 1.54 bits per heavy atom. The zero-order valence-corrected chi connectivity index (χ0v) is 16.9. The van der Waals surface area contributed by atoms with Gasteiger partial charge in [-0.2, -0.15) is 0 Å². The third kappa shape index (κ3) is 9.62. The summed E-state index contributed by atoms with van der Waals surface area (Å²) in [7, 11) is 0. The van der Waals surface area contributed by atoms with E-state index in [4.69, 9.17) is 9.90 Å². The molecule has 28 heavy (non-hydrogen) atoms. The minimum atomic E-state index is -0.937. The highest BCUT2D eigenvalue weighted by Crippen LogP contribution is 2.29. The van der Waals surface area contributed by atoms with E-state index in [0.717, 1.165) is 44.9 Å². The van der Waals surface area contributed by atoms with E-state index in [0.29, 0.717) is 12.6 Å². The normalized spacial score (nSPS) is 22.2. The fourth-order valence-electron chi connectivity index (χ4n) is 3.74. The van der Waals surface area contributed by atoms with Gasteiger partial charge in [-0.05, 0) is 57.5 Å². The van der Waals surface area contributed by atoms with E-state index in [1.165, 1.54) is 32.2 Å². The highest BCUT2D eigenvalue weighted by molar-refractivity contribution is 5.32. The van der Waals surface area contributed by atoms with Gasteiger partial charge in [0.1, 0.15) is 5.67 Å². The predicted molar refractivity (Wildman–Crippen MR) is 111 cm³/mol. The summed E-state index contributed by atoms with van der Waals surface area (Å²) in [5, 5.41) is 13.7. The molecule has 6 heteroatoms. The third-order valence-corrected chi connectivity index (χ3v) is 5.68. The molecule has 5 nitrogen and oxygen atoms in total. The molecule has 1 saturated carbocycles. The van der Waals surface area contributed by atoms with Crippen molar-refractivity contribution in [3.63, 3.8) is 0 Å². The van der Waals surface area contributed by atoms with Crippen molar-refractivity contribution in [1.82, 2.24) is 15.5 Å². The molecule has 2 heterocycles. The standard InChI is InChI=1S/C15H28FN3.C6H6.CH2O2/c16-15(12-18-14-1-2-14)5-9-19(10-6-15)11-13-3-7-17-8-4-13;1-2-4-6-5-3-1;2-1-3/h13-14,17-18H,1-12H2;1-6H;1H,(H,2,3). The number of halogens is 1. The smallest absolute Gasteiger partial charge is 0.290 e. The van der Waals surface area contributed by atoms with Gasteiger partial charge in [-0.1, -0.05) is 36.4 Å². The quantitative estimate of drug-likeness (QED) is 0.672. The lowest BCUT2D eigenvalue weighted by molar-refractivity contribution is -0.122. The van der Waals surface area contributed by atoms with Crippen LogP contribution in [0, 0.1) is 5.92 Å². The van der Waals surface area contributed by atoms with Gasteiger partial charge in [-0.25, -0.2) is 4.39 Å². The van der Waals surface area contributed by atoms with Crippen LogP contribution in [0.2, 0.25) is 0 Å². The molecule has 0 amide bonds. The Hall–Kier alpha value is -1.50. The fraction of sp³-hybridized carbons (Fsp3) is 0.682. The average molecular weight is 394 g/mol. The summed E-state index contributed by atoms with van der Waals surface area (Å²) in [4.78, 5) is 10.9. The van der Waals surface area contributed by atoms with Crippen molar-refractivity contribution in [1.29, 1.82) is 0 Å². The summed E-state index contributed by atoms with van der Waals surface area (Å²) in [6.07, 6.45) is 6.52. The van der Waals surface area contributed by atoms with Gasteiger partial charge in [0.05, 0.1) is 0 Å². The number of piperidine rings is 2. The van der Waals surface area contributed by atoms with Crippen LogP contribution in [0.1, 0.15) is 38.5 Å². The Bertz CT molecular complexity index is 487. The largest absolute Gasteiger partial charge is 0.483 e. The fourth-order valence-corrected chi connectivity index (χ4v) is 3.74. The van der Waals surface area contributed by atoms with Crippen molar-refractivity contribution in [3.05, 3.63) is 36.4 Å². The number of alkyl halides is 1. The van der Waals surface area contributed by atoms with Crippen molar-refractivity contribution in [2.45, 2.75) is 50.2 Å². The van der Waals surface area contributed by atoms with E-state index in [9.17, 15) is 4.39 Å². The van der Waals surface area contributed by atoms with E-state index in [1.54, 1.807) is 0 Å². The molecule has 4 rings (SSSR count). The van der Waals surface area contributed by atoms with Crippen LogP contribution >= 0.6 is 0 Å². The number of likely N-dealkylation sites (tertiary alicyclic amines) is 1.